The quantitative estimate of drug-likeness (QED) is 0.110. The summed E-state index contributed by atoms with van der Waals surface area (Å²) in [6.45, 7) is 3.86. The lowest BCUT2D eigenvalue weighted by Gasteiger charge is -2.38. The number of aromatic hydroxyl groups is 2. The van der Waals surface area contributed by atoms with Crippen molar-refractivity contribution in [2.75, 3.05) is 0 Å². The van der Waals surface area contributed by atoms with E-state index in [4.69, 9.17) is 55.9 Å². The van der Waals surface area contributed by atoms with Crippen molar-refractivity contribution in [3.8, 4) is 23.0 Å². The zero-order valence-corrected chi connectivity index (χ0v) is 27.0. The molecule has 182 valence electrons. The molecule has 0 aliphatic carbocycles. The van der Waals surface area contributed by atoms with Gasteiger partial charge in [-0.25, -0.2) is 4.79 Å². The first-order chi connectivity index (χ1) is 16.3. The smallest absolute Gasteiger partial charge is 0.341 e. The topological polar surface area (TPSA) is 76.0 Å². The van der Waals surface area contributed by atoms with Gasteiger partial charge in [0.2, 0.25) is 0 Å². The Bertz CT molecular complexity index is 1510. The summed E-state index contributed by atoms with van der Waals surface area (Å²) in [7, 11) is 0. The van der Waals surface area contributed by atoms with E-state index in [9.17, 15) is 15.0 Å². The number of hydrogen-bond donors (Lipinski definition) is 2. The van der Waals surface area contributed by atoms with Crippen molar-refractivity contribution >= 4 is 120 Å². The number of ether oxygens (including phenoxy) is 2. The highest BCUT2D eigenvalue weighted by molar-refractivity contribution is 14.1. The zero-order chi connectivity index (χ0) is 25.7. The molecule has 3 aromatic rings. The van der Waals surface area contributed by atoms with Gasteiger partial charge in [0.1, 0.15) is 11.5 Å². The number of hydrogen-bond acceptors (Lipinski definition) is 5. The average Bonchev–Trinajstić information content (AvgIpc) is 3.11. The summed E-state index contributed by atoms with van der Waals surface area (Å²) in [6, 6.07) is 3.41. The Balaban J connectivity index is 2.05. The molecule has 2 aliphatic rings. The summed E-state index contributed by atoms with van der Waals surface area (Å²) >= 11 is 32.0. The average molecular weight is 890 g/mol. The van der Waals surface area contributed by atoms with E-state index in [1.54, 1.807) is 12.1 Å². The lowest BCUT2D eigenvalue weighted by Crippen LogP contribution is -2.34. The van der Waals surface area contributed by atoms with Crippen molar-refractivity contribution in [2.45, 2.75) is 25.4 Å². The van der Waals surface area contributed by atoms with Gasteiger partial charge < -0.3 is 19.7 Å². The maximum Gasteiger partial charge on any atom is 0.341 e. The van der Waals surface area contributed by atoms with Gasteiger partial charge in [-0.15, -0.1) is 0 Å². The predicted octanol–water partition coefficient (Wildman–Crippen LogP) is 9.22. The lowest BCUT2D eigenvalue weighted by molar-refractivity contribution is 0.0223. The second kappa shape index (κ2) is 8.98. The molecule has 0 radical (unpaired) electrons. The summed E-state index contributed by atoms with van der Waals surface area (Å²) in [4.78, 5) is 13.4. The monoisotopic (exact) mass is 888 g/mol. The molecule has 0 amide bonds. The fourth-order valence-electron chi connectivity index (χ4n) is 4.42. The molecule has 5 nitrogen and oxygen atoms in total. The molecular weight excluding hydrogens is 879 g/mol. The predicted molar refractivity (Wildman–Crippen MR) is 160 cm³/mol. The fraction of sp³-hybridized carbons (Fsp3) is 0.174. The van der Waals surface area contributed by atoms with Crippen LogP contribution in [0.3, 0.4) is 0 Å². The highest BCUT2D eigenvalue weighted by Crippen LogP contribution is 2.63. The Morgan fingerprint density at radius 3 is 2.00 bits per heavy atom. The number of fused-ring (bicyclic) bond motifs is 6. The first-order valence-corrected chi connectivity index (χ1v) is 14.6. The normalized spacial score (nSPS) is 17.8. The molecule has 0 fully saturated rings. The van der Waals surface area contributed by atoms with Crippen molar-refractivity contribution in [1.29, 1.82) is 0 Å². The molecule has 0 bridgehead atoms. The Labute approximate surface area is 260 Å². The summed E-state index contributed by atoms with van der Waals surface area (Å²) in [5, 5.41) is 21.5. The molecule has 0 saturated heterocycles. The maximum atomic E-state index is 13.4. The molecular formula is C23H11Cl4I3O5. The number of carbonyl (C=O) groups excluding carboxylic acids is 1. The van der Waals surface area contributed by atoms with Gasteiger partial charge in [0, 0.05) is 11.1 Å². The van der Waals surface area contributed by atoms with E-state index >= 15 is 0 Å². The van der Waals surface area contributed by atoms with Crippen molar-refractivity contribution in [2.24, 2.45) is 0 Å². The van der Waals surface area contributed by atoms with E-state index in [0.29, 0.717) is 27.4 Å². The molecule has 2 aliphatic heterocycles. The van der Waals surface area contributed by atoms with E-state index < -0.39 is 11.6 Å². The van der Waals surface area contributed by atoms with Crippen LogP contribution in [0, 0.1) is 10.7 Å². The summed E-state index contributed by atoms with van der Waals surface area (Å²) in [5.74, 6) is -0.245. The molecule has 0 aromatic heterocycles. The number of benzene rings is 3. The molecule has 35 heavy (non-hydrogen) atoms. The van der Waals surface area contributed by atoms with Crippen LogP contribution in [0.1, 0.15) is 52.4 Å². The van der Waals surface area contributed by atoms with Gasteiger partial charge >= 0.3 is 5.97 Å². The van der Waals surface area contributed by atoms with E-state index in [-0.39, 0.29) is 60.1 Å². The Morgan fingerprint density at radius 1 is 0.857 bits per heavy atom. The summed E-state index contributed by atoms with van der Waals surface area (Å²) < 4.78 is 13.8. The maximum absolute atomic E-state index is 13.4. The van der Waals surface area contributed by atoms with Crippen LogP contribution in [-0.2, 0) is 10.3 Å². The Kier molecular flexibility index (Phi) is 6.79. The van der Waals surface area contributed by atoms with Gasteiger partial charge in [-0.2, -0.15) is 0 Å². The number of phenolic OH excluding ortho intramolecular Hbond substituents is 2. The summed E-state index contributed by atoms with van der Waals surface area (Å²) in [5.41, 5.74) is 0.0807. The first-order valence-electron chi connectivity index (χ1n) is 9.89. The first kappa shape index (κ1) is 26.5. The van der Waals surface area contributed by atoms with Gasteiger partial charge in [0.05, 0.1) is 41.9 Å². The lowest BCUT2D eigenvalue weighted by atomic mass is 9.76. The van der Waals surface area contributed by atoms with Gasteiger partial charge in [-0.05, 0) is 91.4 Å². The number of esters is 1. The van der Waals surface area contributed by atoms with Crippen molar-refractivity contribution < 1.29 is 24.5 Å². The number of phenols is 2. The standard InChI is InChI=1S/C23H11Cl4I3O5/c1-5(2)6-3-7-20(16(29)18(6)31)34-21-8(4-9(28)19(32)17(21)30)23(7)11-10(22(33)35-23)12(24)14(26)15(27)13(11)25/h3-5,31-32H,1-2H3. The highest BCUT2D eigenvalue weighted by atomic mass is 127. The molecule has 1 spiro atoms. The van der Waals surface area contributed by atoms with Crippen LogP contribution in [-0.4, -0.2) is 16.2 Å². The highest BCUT2D eigenvalue weighted by Gasteiger charge is 2.58. The number of halogens is 7. The van der Waals surface area contributed by atoms with Gasteiger partial charge in [-0.1, -0.05) is 60.3 Å². The number of rotatable bonds is 1. The van der Waals surface area contributed by atoms with Gasteiger partial charge in [0.25, 0.3) is 0 Å². The third-order valence-electron chi connectivity index (χ3n) is 6.03. The fourth-order valence-corrected chi connectivity index (χ4v) is 7.98. The molecule has 3 aromatic carbocycles. The second-order valence-electron chi connectivity index (χ2n) is 8.24. The Morgan fingerprint density at radius 2 is 1.40 bits per heavy atom. The molecule has 5 rings (SSSR count). The van der Waals surface area contributed by atoms with Crippen molar-refractivity contribution in [3.05, 3.63) is 70.8 Å². The minimum atomic E-state index is -1.63. The molecule has 2 heterocycles. The van der Waals surface area contributed by atoms with E-state index in [1.165, 1.54) is 0 Å². The van der Waals surface area contributed by atoms with Crippen LogP contribution in [0.5, 0.6) is 23.0 Å². The van der Waals surface area contributed by atoms with Crippen LogP contribution in [0.15, 0.2) is 12.1 Å². The Hall–Kier alpha value is -0.120. The van der Waals surface area contributed by atoms with Crippen molar-refractivity contribution in [1.82, 2.24) is 0 Å². The largest absolute Gasteiger partial charge is 0.506 e. The molecule has 1 unspecified atom stereocenters. The second-order valence-corrected chi connectivity index (χ2v) is 13.1. The minimum Gasteiger partial charge on any atom is -0.506 e. The van der Waals surface area contributed by atoms with Crippen LogP contribution >= 0.6 is 114 Å². The number of carbonyl (C=O) groups is 1. The van der Waals surface area contributed by atoms with Crippen LogP contribution in [0.2, 0.25) is 20.1 Å². The van der Waals surface area contributed by atoms with Crippen LogP contribution < -0.4 is 4.74 Å². The third kappa shape index (κ3) is 3.52. The van der Waals surface area contributed by atoms with E-state index in [1.807, 2.05) is 81.6 Å². The molecule has 0 saturated carbocycles. The van der Waals surface area contributed by atoms with Gasteiger partial charge in [0.15, 0.2) is 17.1 Å². The van der Waals surface area contributed by atoms with E-state index in [0.717, 1.165) is 0 Å². The molecule has 1 atom stereocenters. The van der Waals surface area contributed by atoms with Crippen LogP contribution in [0.4, 0.5) is 0 Å². The minimum absolute atomic E-state index is 0.00265. The van der Waals surface area contributed by atoms with Crippen LogP contribution in [0.25, 0.3) is 0 Å². The molecule has 2 N–H and O–H groups in total. The SMILES string of the molecule is CC(C)c1cc2c(c(I)c1O)Oc1c(cc(I)c(O)c1I)C21OC(=O)c2c(Cl)c(Cl)c(Cl)c(Cl)c21. The molecule has 12 heteroatoms. The van der Waals surface area contributed by atoms with Gasteiger partial charge in [-0.3, -0.25) is 0 Å². The van der Waals surface area contributed by atoms with Crippen molar-refractivity contribution in [3.63, 3.8) is 0 Å². The zero-order valence-electron chi connectivity index (χ0n) is 17.5. The third-order valence-corrected chi connectivity index (χ3v) is 10.7. The van der Waals surface area contributed by atoms with E-state index in [2.05, 4.69) is 0 Å². The summed E-state index contributed by atoms with van der Waals surface area (Å²) in [6.07, 6.45) is 0.